The van der Waals surface area contributed by atoms with Crippen molar-refractivity contribution in [3.63, 3.8) is 0 Å². The highest BCUT2D eigenvalue weighted by molar-refractivity contribution is 5.73. The fraction of sp³-hybridized carbons (Fsp3) is 0.533. The Morgan fingerprint density at radius 1 is 1.28 bits per heavy atom. The lowest BCUT2D eigenvalue weighted by molar-refractivity contribution is -0.147. The van der Waals surface area contributed by atoms with E-state index in [0.29, 0.717) is 18.9 Å². The number of carbonyl (C=O) groups is 1. The number of hydrogen-bond acceptors (Lipinski definition) is 2. The summed E-state index contributed by atoms with van der Waals surface area (Å²) in [4.78, 5) is 11.0. The first-order valence-electron chi connectivity index (χ1n) is 6.40. The second-order valence-electron chi connectivity index (χ2n) is 5.64. The monoisotopic (exact) mass is 249 g/mol. The third kappa shape index (κ3) is 4.06. The number of benzene rings is 1. The SMILES string of the molecule is CC(C)c1ccc(NCCC(C)(C)C(=O)O)cc1. The van der Waals surface area contributed by atoms with Gasteiger partial charge >= 0.3 is 5.97 Å². The van der Waals surface area contributed by atoms with Crippen molar-refractivity contribution < 1.29 is 9.90 Å². The van der Waals surface area contributed by atoms with Gasteiger partial charge in [-0.15, -0.1) is 0 Å². The van der Waals surface area contributed by atoms with Crippen molar-refractivity contribution in [2.75, 3.05) is 11.9 Å². The Morgan fingerprint density at radius 2 is 1.83 bits per heavy atom. The molecule has 1 aromatic carbocycles. The molecule has 0 aromatic heterocycles. The molecule has 2 N–H and O–H groups in total. The van der Waals surface area contributed by atoms with Gasteiger partial charge in [0, 0.05) is 12.2 Å². The van der Waals surface area contributed by atoms with E-state index in [0.717, 1.165) is 5.69 Å². The van der Waals surface area contributed by atoms with E-state index >= 15 is 0 Å². The Bertz CT molecular complexity index is 393. The highest BCUT2D eigenvalue weighted by Gasteiger charge is 2.26. The minimum absolute atomic E-state index is 0.532. The summed E-state index contributed by atoms with van der Waals surface area (Å²) in [5.74, 6) is -0.218. The second-order valence-corrected chi connectivity index (χ2v) is 5.64. The number of nitrogens with one attached hydrogen (secondary N) is 1. The van der Waals surface area contributed by atoms with Crippen LogP contribution in [0.4, 0.5) is 5.69 Å². The van der Waals surface area contributed by atoms with E-state index in [2.05, 4.69) is 31.3 Å². The Labute approximate surface area is 109 Å². The lowest BCUT2D eigenvalue weighted by Crippen LogP contribution is -2.26. The molecule has 0 bridgehead atoms. The molecule has 0 atom stereocenters. The predicted octanol–water partition coefficient (Wildman–Crippen LogP) is 3.72. The van der Waals surface area contributed by atoms with Crippen molar-refractivity contribution in [3.05, 3.63) is 29.8 Å². The zero-order valence-electron chi connectivity index (χ0n) is 11.7. The van der Waals surface area contributed by atoms with Gasteiger partial charge in [-0.2, -0.15) is 0 Å². The number of aliphatic carboxylic acids is 1. The minimum atomic E-state index is -0.751. The van der Waals surface area contributed by atoms with Crippen LogP contribution < -0.4 is 5.32 Å². The average molecular weight is 249 g/mol. The number of hydrogen-bond donors (Lipinski definition) is 2. The molecule has 0 aliphatic heterocycles. The molecule has 0 saturated heterocycles. The van der Waals surface area contributed by atoms with Crippen LogP contribution in [0.25, 0.3) is 0 Å². The zero-order valence-corrected chi connectivity index (χ0v) is 11.7. The molecule has 0 spiro atoms. The van der Waals surface area contributed by atoms with Crippen LogP contribution in [-0.4, -0.2) is 17.6 Å². The first-order valence-corrected chi connectivity index (χ1v) is 6.40. The van der Waals surface area contributed by atoms with E-state index in [4.69, 9.17) is 5.11 Å². The van der Waals surface area contributed by atoms with Gasteiger partial charge in [0.15, 0.2) is 0 Å². The van der Waals surface area contributed by atoms with Crippen molar-refractivity contribution in [2.24, 2.45) is 5.41 Å². The first-order chi connectivity index (χ1) is 8.33. The molecule has 0 aliphatic rings. The second kappa shape index (κ2) is 5.89. The van der Waals surface area contributed by atoms with Crippen molar-refractivity contribution in [1.82, 2.24) is 0 Å². The van der Waals surface area contributed by atoms with Gasteiger partial charge in [0.2, 0.25) is 0 Å². The maximum atomic E-state index is 11.0. The molecular formula is C15H23NO2. The molecule has 100 valence electrons. The van der Waals surface area contributed by atoms with Crippen LogP contribution in [0, 0.1) is 5.41 Å². The highest BCUT2D eigenvalue weighted by atomic mass is 16.4. The van der Waals surface area contributed by atoms with Gasteiger partial charge in [0.05, 0.1) is 5.41 Å². The normalized spacial score (nSPS) is 11.6. The number of carboxylic acids is 1. The van der Waals surface area contributed by atoms with E-state index in [1.54, 1.807) is 13.8 Å². The number of carboxylic acid groups (broad SMARTS) is 1. The third-order valence-electron chi connectivity index (χ3n) is 3.24. The van der Waals surface area contributed by atoms with Crippen LogP contribution in [-0.2, 0) is 4.79 Å². The summed E-state index contributed by atoms with van der Waals surface area (Å²) in [6, 6.07) is 8.30. The van der Waals surface area contributed by atoms with E-state index in [1.165, 1.54) is 5.56 Å². The molecule has 0 amide bonds. The van der Waals surface area contributed by atoms with Crippen molar-refractivity contribution in [3.8, 4) is 0 Å². The highest BCUT2D eigenvalue weighted by Crippen LogP contribution is 2.21. The van der Waals surface area contributed by atoms with Crippen LogP contribution in [0.15, 0.2) is 24.3 Å². The number of rotatable bonds is 6. The topological polar surface area (TPSA) is 49.3 Å². The fourth-order valence-electron chi connectivity index (χ4n) is 1.61. The summed E-state index contributed by atoms with van der Waals surface area (Å²) in [5, 5.41) is 12.3. The standard InChI is InChI=1S/C15H23NO2/c1-11(2)12-5-7-13(8-6-12)16-10-9-15(3,4)14(17)18/h5-8,11,16H,9-10H2,1-4H3,(H,17,18). The largest absolute Gasteiger partial charge is 0.481 e. The Kier molecular flexibility index (Phi) is 4.76. The molecule has 3 nitrogen and oxygen atoms in total. The summed E-state index contributed by atoms with van der Waals surface area (Å²) >= 11 is 0. The fourth-order valence-corrected chi connectivity index (χ4v) is 1.61. The Balaban J connectivity index is 2.47. The molecule has 1 aromatic rings. The predicted molar refractivity (Wildman–Crippen MR) is 75.1 cm³/mol. The average Bonchev–Trinajstić information content (AvgIpc) is 2.29. The molecule has 18 heavy (non-hydrogen) atoms. The number of anilines is 1. The van der Waals surface area contributed by atoms with Gasteiger partial charge < -0.3 is 10.4 Å². The van der Waals surface area contributed by atoms with E-state index in [9.17, 15) is 4.79 Å². The van der Waals surface area contributed by atoms with Crippen LogP contribution in [0.2, 0.25) is 0 Å². The van der Waals surface area contributed by atoms with Gasteiger partial charge in [-0.05, 0) is 43.9 Å². The first kappa shape index (κ1) is 14.6. The minimum Gasteiger partial charge on any atom is -0.481 e. The smallest absolute Gasteiger partial charge is 0.309 e. The van der Waals surface area contributed by atoms with E-state index in [-0.39, 0.29) is 0 Å². The summed E-state index contributed by atoms with van der Waals surface area (Å²) in [6.07, 6.45) is 0.605. The van der Waals surface area contributed by atoms with E-state index in [1.807, 2.05) is 12.1 Å². The summed E-state index contributed by atoms with van der Waals surface area (Å²) in [7, 11) is 0. The lowest BCUT2D eigenvalue weighted by Gasteiger charge is -2.19. The molecule has 0 aliphatic carbocycles. The quantitative estimate of drug-likeness (QED) is 0.807. The summed E-state index contributed by atoms with van der Waals surface area (Å²) in [6.45, 7) is 8.49. The molecule has 0 radical (unpaired) electrons. The van der Waals surface area contributed by atoms with Gasteiger partial charge in [-0.25, -0.2) is 0 Å². The van der Waals surface area contributed by atoms with Crippen LogP contribution in [0.5, 0.6) is 0 Å². The molecule has 0 heterocycles. The molecular weight excluding hydrogens is 226 g/mol. The maximum Gasteiger partial charge on any atom is 0.309 e. The Morgan fingerprint density at radius 3 is 2.28 bits per heavy atom. The van der Waals surface area contributed by atoms with Crippen LogP contribution in [0.1, 0.15) is 45.6 Å². The Hall–Kier alpha value is -1.51. The van der Waals surface area contributed by atoms with E-state index < -0.39 is 11.4 Å². The zero-order chi connectivity index (χ0) is 13.8. The summed E-state index contributed by atoms with van der Waals surface area (Å²) < 4.78 is 0. The van der Waals surface area contributed by atoms with Crippen molar-refractivity contribution >= 4 is 11.7 Å². The van der Waals surface area contributed by atoms with Gasteiger partial charge in [0.25, 0.3) is 0 Å². The molecule has 0 unspecified atom stereocenters. The lowest BCUT2D eigenvalue weighted by atomic mass is 9.89. The van der Waals surface area contributed by atoms with Crippen LogP contribution in [0.3, 0.4) is 0 Å². The molecule has 0 fully saturated rings. The van der Waals surface area contributed by atoms with Gasteiger partial charge in [-0.3, -0.25) is 4.79 Å². The molecule has 3 heteroatoms. The summed E-state index contributed by atoms with van der Waals surface area (Å²) in [5.41, 5.74) is 1.68. The van der Waals surface area contributed by atoms with Gasteiger partial charge in [0.1, 0.15) is 0 Å². The van der Waals surface area contributed by atoms with Crippen molar-refractivity contribution in [2.45, 2.75) is 40.0 Å². The maximum absolute atomic E-state index is 11.0. The van der Waals surface area contributed by atoms with Crippen molar-refractivity contribution in [1.29, 1.82) is 0 Å². The van der Waals surface area contributed by atoms with Crippen LogP contribution >= 0.6 is 0 Å². The van der Waals surface area contributed by atoms with Gasteiger partial charge in [-0.1, -0.05) is 26.0 Å². The molecule has 1 rings (SSSR count). The molecule has 0 saturated carbocycles. The third-order valence-corrected chi connectivity index (χ3v) is 3.24.